The molecule has 0 aromatic heterocycles. The number of nitriles is 1. The summed E-state index contributed by atoms with van der Waals surface area (Å²) >= 11 is 0. The van der Waals surface area contributed by atoms with Crippen molar-refractivity contribution in [2.24, 2.45) is 11.7 Å². The molecule has 3 heteroatoms. The van der Waals surface area contributed by atoms with Crippen molar-refractivity contribution in [2.45, 2.75) is 32.2 Å². The van der Waals surface area contributed by atoms with Crippen molar-refractivity contribution in [1.29, 1.82) is 5.26 Å². The first-order valence-corrected chi connectivity index (χ1v) is 6.55. The van der Waals surface area contributed by atoms with Crippen molar-refractivity contribution in [1.82, 2.24) is 0 Å². The highest BCUT2D eigenvalue weighted by Gasteiger charge is 2.38. The Bertz CT molecular complexity index is 459. The van der Waals surface area contributed by atoms with Gasteiger partial charge in [-0.2, -0.15) is 5.26 Å². The fourth-order valence-corrected chi connectivity index (χ4v) is 3.04. The van der Waals surface area contributed by atoms with Gasteiger partial charge in [0.15, 0.2) is 0 Å². The fraction of sp³-hybridized carbons (Fsp3) is 0.533. The lowest BCUT2D eigenvalue weighted by Gasteiger charge is -2.34. The Morgan fingerprint density at radius 1 is 1.44 bits per heavy atom. The quantitative estimate of drug-likeness (QED) is 0.887. The molecule has 2 N–H and O–H groups in total. The topological polar surface area (TPSA) is 53.0 Å². The van der Waals surface area contributed by atoms with E-state index < -0.39 is 0 Å². The van der Waals surface area contributed by atoms with Crippen LogP contribution < -0.4 is 10.6 Å². The van der Waals surface area contributed by atoms with Crippen LogP contribution in [0.15, 0.2) is 24.3 Å². The van der Waals surface area contributed by atoms with Crippen LogP contribution in [-0.2, 0) is 0 Å². The third-order valence-electron chi connectivity index (χ3n) is 3.85. The van der Waals surface area contributed by atoms with Crippen LogP contribution in [0.3, 0.4) is 0 Å². The lowest BCUT2D eigenvalue weighted by Crippen LogP contribution is -2.38. The van der Waals surface area contributed by atoms with Crippen LogP contribution in [-0.4, -0.2) is 18.6 Å². The molecule has 1 saturated heterocycles. The Morgan fingerprint density at radius 3 is 2.83 bits per heavy atom. The van der Waals surface area contributed by atoms with Gasteiger partial charge in [0.2, 0.25) is 0 Å². The molecule has 0 spiro atoms. The second-order valence-electron chi connectivity index (χ2n) is 5.70. The van der Waals surface area contributed by atoms with Gasteiger partial charge >= 0.3 is 0 Å². The molecular weight excluding hydrogens is 222 g/mol. The molecule has 1 aromatic carbocycles. The van der Waals surface area contributed by atoms with Crippen LogP contribution in [0.25, 0.3) is 0 Å². The van der Waals surface area contributed by atoms with Crippen LogP contribution in [0.2, 0.25) is 0 Å². The van der Waals surface area contributed by atoms with E-state index >= 15 is 0 Å². The lowest BCUT2D eigenvalue weighted by atomic mass is 9.94. The normalized spacial score (nSPS) is 21.9. The van der Waals surface area contributed by atoms with Gasteiger partial charge in [-0.05, 0) is 51.3 Å². The van der Waals surface area contributed by atoms with Crippen LogP contribution in [0.4, 0.5) is 5.69 Å². The fourth-order valence-electron chi connectivity index (χ4n) is 3.04. The maximum atomic E-state index is 9.22. The standard InChI is InChI=1S/C15H21N3/c1-15(2)9-12(7-8-16)11-18(15)14-6-4-3-5-13(14)10-17/h3-6,12H,7-9,11,16H2,1-2H3. The summed E-state index contributed by atoms with van der Waals surface area (Å²) in [5, 5.41) is 9.22. The van der Waals surface area contributed by atoms with Gasteiger partial charge < -0.3 is 10.6 Å². The first-order valence-electron chi connectivity index (χ1n) is 6.55. The van der Waals surface area contributed by atoms with Crippen molar-refractivity contribution in [2.75, 3.05) is 18.0 Å². The van der Waals surface area contributed by atoms with Crippen LogP contribution in [0.5, 0.6) is 0 Å². The monoisotopic (exact) mass is 243 g/mol. The minimum atomic E-state index is 0.104. The Labute approximate surface area is 109 Å². The zero-order valence-corrected chi connectivity index (χ0v) is 11.2. The van der Waals surface area contributed by atoms with Gasteiger partial charge in [0.25, 0.3) is 0 Å². The first-order chi connectivity index (χ1) is 8.58. The molecule has 1 aliphatic heterocycles. The molecule has 1 atom stereocenters. The van der Waals surface area contributed by atoms with E-state index in [0.717, 1.165) is 37.2 Å². The van der Waals surface area contributed by atoms with E-state index in [1.54, 1.807) is 0 Å². The number of anilines is 1. The summed E-state index contributed by atoms with van der Waals surface area (Å²) in [7, 11) is 0. The molecule has 1 aromatic rings. The molecule has 0 aliphatic carbocycles. The SMILES string of the molecule is CC1(C)CC(CCN)CN1c1ccccc1C#N. The zero-order chi connectivity index (χ0) is 13.2. The molecular formula is C15H21N3. The van der Waals surface area contributed by atoms with Gasteiger partial charge in [0, 0.05) is 12.1 Å². The third-order valence-corrected chi connectivity index (χ3v) is 3.85. The van der Waals surface area contributed by atoms with Crippen molar-refractivity contribution in [3.05, 3.63) is 29.8 Å². The molecule has 0 saturated carbocycles. The molecule has 1 heterocycles. The predicted octanol–water partition coefficient (Wildman–Crippen LogP) is 2.51. The number of para-hydroxylation sites is 1. The van der Waals surface area contributed by atoms with E-state index in [4.69, 9.17) is 5.73 Å². The Hall–Kier alpha value is -1.53. The molecule has 0 bridgehead atoms. The third kappa shape index (κ3) is 2.34. The van der Waals surface area contributed by atoms with Crippen molar-refractivity contribution in [3.8, 4) is 6.07 Å². The van der Waals surface area contributed by atoms with Gasteiger partial charge in [-0.25, -0.2) is 0 Å². The molecule has 1 aliphatic rings. The van der Waals surface area contributed by atoms with E-state index in [9.17, 15) is 5.26 Å². The maximum Gasteiger partial charge on any atom is 0.101 e. The maximum absolute atomic E-state index is 9.22. The highest BCUT2D eigenvalue weighted by molar-refractivity contribution is 5.61. The van der Waals surface area contributed by atoms with Gasteiger partial charge in [-0.1, -0.05) is 12.1 Å². The number of rotatable bonds is 3. The summed E-state index contributed by atoms with van der Waals surface area (Å²) in [6.45, 7) is 6.24. The molecule has 1 unspecified atom stereocenters. The molecule has 1 fully saturated rings. The minimum absolute atomic E-state index is 0.104. The van der Waals surface area contributed by atoms with Gasteiger partial charge in [-0.3, -0.25) is 0 Å². The molecule has 0 amide bonds. The largest absolute Gasteiger partial charge is 0.365 e. The second-order valence-corrected chi connectivity index (χ2v) is 5.70. The highest BCUT2D eigenvalue weighted by atomic mass is 15.2. The van der Waals surface area contributed by atoms with E-state index in [1.165, 1.54) is 0 Å². The summed E-state index contributed by atoms with van der Waals surface area (Å²) < 4.78 is 0. The summed E-state index contributed by atoms with van der Waals surface area (Å²) in [4.78, 5) is 2.37. The molecule has 2 rings (SSSR count). The minimum Gasteiger partial charge on any atom is -0.365 e. The second kappa shape index (κ2) is 4.99. The summed E-state index contributed by atoms with van der Waals surface area (Å²) in [6.07, 6.45) is 2.21. The summed E-state index contributed by atoms with van der Waals surface area (Å²) in [5.74, 6) is 0.636. The van der Waals surface area contributed by atoms with Crippen molar-refractivity contribution in [3.63, 3.8) is 0 Å². The number of nitrogens with zero attached hydrogens (tertiary/aromatic N) is 2. The van der Waals surface area contributed by atoms with Gasteiger partial charge in [0.05, 0.1) is 11.3 Å². The van der Waals surface area contributed by atoms with Crippen molar-refractivity contribution >= 4 is 5.69 Å². The van der Waals surface area contributed by atoms with E-state index in [0.29, 0.717) is 5.92 Å². The highest BCUT2D eigenvalue weighted by Crippen LogP contribution is 2.39. The molecule has 0 radical (unpaired) electrons. The predicted molar refractivity (Wildman–Crippen MR) is 74.4 cm³/mol. The van der Waals surface area contributed by atoms with Crippen LogP contribution >= 0.6 is 0 Å². The Kier molecular flexibility index (Phi) is 3.58. The van der Waals surface area contributed by atoms with Crippen LogP contribution in [0.1, 0.15) is 32.3 Å². The van der Waals surface area contributed by atoms with Gasteiger partial charge in [-0.15, -0.1) is 0 Å². The number of hydrogen-bond acceptors (Lipinski definition) is 3. The molecule has 3 nitrogen and oxygen atoms in total. The summed E-state index contributed by atoms with van der Waals surface area (Å²) in [6, 6.07) is 10.1. The average molecular weight is 243 g/mol. The number of hydrogen-bond donors (Lipinski definition) is 1. The summed E-state index contributed by atoms with van der Waals surface area (Å²) in [5.41, 5.74) is 7.59. The zero-order valence-electron chi connectivity index (χ0n) is 11.2. The van der Waals surface area contributed by atoms with Gasteiger partial charge in [0.1, 0.15) is 6.07 Å². The van der Waals surface area contributed by atoms with Crippen molar-refractivity contribution < 1.29 is 0 Å². The average Bonchev–Trinajstić information content (AvgIpc) is 2.64. The van der Waals surface area contributed by atoms with Crippen LogP contribution in [0, 0.1) is 17.2 Å². The van der Waals surface area contributed by atoms with E-state index in [-0.39, 0.29) is 5.54 Å². The first kappa shape index (κ1) is 12.9. The lowest BCUT2D eigenvalue weighted by molar-refractivity contribution is 0.458. The molecule has 96 valence electrons. The number of benzene rings is 1. The smallest absolute Gasteiger partial charge is 0.101 e. The van der Waals surface area contributed by atoms with E-state index in [2.05, 4.69) is 24.8 Å². The number of nitrogens with two attached hydrogens (primary N) is 1. The Morgan fingerprint density at radius 2 is 2.17 bits per heavy atom. The van der Waals surface area contributed by atoms with E-state index in [1.807, 2.05) is 24.3 Å². The Balaban J connectivity index is 2.30. The molecule has 18 heavy (non-hydrogen) atoms.